The van der Waals surface area contributed by atoms with Gasteiger partial charge in [-0.3, -0.25) is 19.4 Å². The van der Waals surface area contributed by atoms with E-state index in [-0.39, 0.29) is 24.3 Å². The summed E-state index contributed by atoms with van der Waals surface area (Å²) < 4.78 is 0. The normalized spacial score (nSPS) is 21.0. The first-order valence-electron chi connectivity index (χ1n) is 10.2. The second-order valence-electron chi connectivity index (χ2n) is 8.00. The zero-order valence-electron chi connectivity index (χ0n) is 17.1. The number of hydrogen-bond donors (Lipinski definition) is 0. The minimum absolute atomic E-state index is 0.0934. The van der Waals surface area contributed by atoms with Crippen LogP contribution in [-0.2, 0) is 16.1 Å². The van der Waals surface area contributed by atoms with Crippen LogP contribution in [0.4, 0.5) is 11.4 Å². The molecule has 0 aromatic heterocycles. The molecule has 1 atom stereocenters. The Bertz CT molecular complexity index is 858. The molecule has 2 fully saturated rings. The molecule has 0 radical (unpaired) electrons. The van der Waals surface area contributed by atoms with Crippen molar-refractivity contribution in [1.29, 1.82) is 0 Å². The molecule has 4 rings (SSSR count). The van der Waals surface area contributed by atoms with Gasteiger partial charge < -0.3 is 4.90 Å². The van der Waals surface area contributed by atoms with Crippen LogP contribution in [0.15, 0.2) is 54.6 Å². The third-order valence-corrected chi connectivity index (χ3v) is 5.84. The quantitative estimate of drug-likeness (QED) is 0.730. The van der Waals surface area contributed by atoms with E-state index in [0.717, 1.165) is 38.4 Å². The number of anilines is 2. The Hall–Kier alpha value is -2.70. The van der Waals surface area contributed by atoms with Crippen molar-refractivity contribution in [2.45, 2.75) is 19.0 Å². The lowest BCUT2D eigenvalue weighted by molar-refractivity contribution is -0.123. The van der Waals surface area contributed by atoms with Crippen molar-refractivity contribution < 1.29 is 9.59 Å². The third-order valence-electron chi connectivity index (χ3n) is 5.84. The topological polar surface area (TPSA) is 47.1 Å². The van der Waals surface area contributed by atoms with Crippen LogP contribution in [-0.4, -0.2) is 67.9 Å². The SMILES string of the molecule is CN(C)c1ccc(N2C(=O)CC(N3CCN(Cc4ccccc4)CC3)C2=O)cc1. The number of hydrogen-bond acceptors (Lipinski definition) is 5. The van der Waals surface area contributed by atoms with Gasteiger partial charge in [-0.2, -0.15) is 0 Å². The monoisotopic (exact) mass is 392 g/mol. The van der Waals surface area contributed by atoms with E-state index >= 15 is 0 Å². The number of carbonyl (C=O) groups excluding carboxylic acids is 2. The van der Waals surface area contributed by atoms with Gasteiger partial charge in [0, 0.05) is 52.5 Å². The standard InChI is InChI=1S/C23H28N4O2/c1-24(2)19-8-10-20(11-9-19)27-22(28)16-21(23(27)29)26-14-12-25(13-15-26)17-18-6-4-3-5-7-18/h3-11,21H,12-17H2,1-2H3. The Balaban J connectivity index is 1.38. The van der Waals surface area contributed by atoms with Crippen LogP contribution >= 0.6 is 0 Å². The lowest BCUT2D eigenvalue weighted by Crippen LogP contribution is -2.52. The molecule has 2 aromatic rings. The van der Waals surface area contributed by atoms with E-state index in [1.807, 2.05) is 49.3 Å². The number of nitrogens with zero attached hydrogens (tertiary/aromatic N) is 4. The number of benzene rings is 2. The van der Waals surface area contributed by atoms with Crippen LogP contribution < -0.4 is 9.80 Å². The predicted molar refractivity (Wildman–Crippen MR) is 115 cm³/mol. The number of imide groups is 1. The van der Waals surface area contributed by atoms with Crippen molar-refractivity contribution in [3.05, 3.63) is 60.2 Å². The molecule has 2 heterocycles. The van der Waals surface area contributed by atoms with Crippen LogP contribution in [0.2, 0.25) is 0 Å². The van der Waals surface area contributed by atoms with Gasteiger partial charge in [-0.1, -0.05) is 30.3 Å². The van der Waals surface area contributed by atoms with Crippen molar-refractivity contribution in [3.8, 4) is 0 Å². The molecule has 2 aromatic carbocycles. The van der Waals surface area contributed by atoms with Gasteiger partial charge in [-0.15, -0.1) is 0 Å². The molecule has 2 aliphatic heterocycles. The third kappa shape index (κ3) is 4.18. The highest BCUT2D eigenvalue weighted by atomic mass is 16.2. The van der Waals surface area contributed by atoms with Crippen LogP contribution in [0.5, 0.6) is 0 Å². The van der Waals surface area contributed by atoms with E-state index in [1.165, 1.54) is 10.5 Å². The highest BCUT2D eigenvalue weighted by molar-refractivity contribution is 6.22. The maximum absolute atomic E-state index is 13.0. The fraction of sp³-hybridized carbons (Fsp3) is 0.391. The van der Waals surface area contributed by atoms with Gasteiger partial charge in [0.15, 0.2) is 0 Å². The molecule has 6 nitrogen and oxygen atoms in total. The van der Waals surface area contributed by atoms with Gasteiger partial charge in [0.1, 0.15) is 0 Å². The van der Waals surface area contributed by atoms with Gasteiger partial charge >= 0.3 is 0 Å². The van der Waals surface area contributed by atoms with E-state index in [9.17, 15) is 9.59 Å². The zero-order valence-corrected chi connectivity index (χ0v) is 17.1. The van der Waals surface area contributed by atoms with Crippen molar-refractivity contribution in [2.75, 3.05) is 50.1 Å². The molecule has 0 bridgehead atoms. The van der Waals surface area contributed by atoms with E-state index in [1.54, 1.807) is 0 Å². The largest absolute Gasteiger partial charge is 0.378 e. The van der Waals surface area contributed by atoms with Crippen molar-refractivity contribution in [3.63, 3.8) is 0 Å². The molecule has 29 heavy (non-hydrogen) atoms. The van der Waals surface area contributed by atoms with Crippen LogP contribution in [0, 0.1) is 0 Å². The van der Waals surface area contributed by atoms with E-state index in [4.69, 9.17) is 0 Å². The molecule has 0 aliphatic carbocycles. The minimum Gasteiger partial charge on any atom is -0.378 e. The number of carbonyl (C=O) groups is 2. The van der Waals surface area contributed by atoms with E-state index < -0.39 is 0 Å². The van der Waals surface area contributed by atoms with Crippen molar-refractivity contribution in [2.24, 2.45) is 0 Å². The fourth-order valence-electron chi connectivity index (χ4n) is 4.15. The van der Waals surface area contributed by atoms with Gasteiger partial charge in [-0.25, -0.2) is 4.90 Å². The van der Waals surface area contributed by atoms with Crippen LogP contribution in [0.3, 0.4) is 0 Å². The Morgan fingerprint density at radius 2 is 1.55 bits per heavy atom. The number of piperazine rings is 1. The molecular formula is C23H28N4O2. The van der Waals surface area contributed by atoms with Gasteiger partial charge in [0.05, 0.1) is 18.2 Å². The van der Waals surface area contributed by atoms with Crippen LogP contribution in [0.25, 0.3) is 0 Å². The Labute approximate surface area is 172 Å². The second kappa shape index (κ2) is 8.35. The molecule has 6 heteroatoms. The molecule has 0 N–H and O–H groups in total. The summed E-state index contributed by atoms with van der Waals surface area (Å²) in [7, 11) is 3.93. The smallest absolute Gasteiger partial charge is 0.251 e. The average molecular weight is 393 g/mol. The van der Waals surface area contributed by atoms with Gasteiger partial charge in [-0.05, 0) is 29.8 Å². The van der Waals surface area contributed by atoms with Crippen molar-refractivity contribution in [1.82, 2.24) is 9.80 Å². The summed E-state index contributed by atoms with van der Waals surface area (Å²) in [4.78, 5) is 33.6. The summed E-state index contributed by atoms with van der Waals surface area (Å²) >= 11 is 0. The van der Waals surface area contributed by atoms with Gasteiger partial charge in [0.2, 0.25) is 5.91 Å². The molecule has 0 saturated carbocycles. The summed E-state index contributed by atoms with van der Waals surface area (Å²) in [6.45, 7) is 4.36. The summed E-state index contributed by atoms with van der Waals surface area (Å²) in [5, 5.41) is 0. The number of rotatable bonds is 5. The molecule has 2 amide bonds. The summed E-state index contributed by atoms with van der Waals surface area (Å²) in [5.74, 6) is -0.201. The van der Waals surface area contributed by atoms with Crippen LogP contribution in [0.1, 0.15) is 12.0 Å². The molecule has 0 spiro atoms. The first kappa shape index (κ1) is 19.6. The summed E-state index contributed by atoms with van der Waals surface area (Å²) in [6.07, 6.45) is 0.271. The first-order valence-corrected chi connectivity index (χ1v) is 10.2. The van der Waals surface area contributed by atoms with E-state index in [2.05, 4.69) is 34.1 Å². The molecule has 152 valence electrons. The highest BCUT2D eigenvalue weighted by Crippen LogP contribution is 2.28. The lowest BCUT2D eigenvalue weighted by atomic mass is 10.1. The first-order chi connectivity index (χ1) is 14.0. The number of amides is 2. The van der Waals surface area contributed by atoms with Crippen molar-refractivity contribution >= 4 is 23.2 Å². The molecular weight excluding hydrogens is 364 g/mol. The zero-order chi connectivity index (χ0) is 20.4. The predicted octanol–water partition coefficient (Wildman–Crippen LogP) is 2.20. The second-order valence-corrected chi connectivity index (χ2v) is 8.00. The maximum Gasteiger partial charge on any atom is 0.251 e. The highest BCUT2D eigenvalue weighted by Gasteiger charge is 2.43. The summed E-state index contributed by atoms with van der Waals surface area (Å²) in [5.41, 5.74) is 3.01. The van der Waals surface area contributed by atoms with Gasteiger partial charge in [0.25, 0.3) is 5.91 Å². The molecule has 2 aliphatic rings. The fourth-order valence-corrected chi connectivity index (χ4v) is 4.15. The molecule has 2 saturated heterocycles. The molecule has 1 unspecified atom stereocenters. The average Bonchev–Trinajstić information content (AvgIpc) is 3.03. The Kier molecular flexibility index (Phi) is 5.65. The Morgan fingerprint density at radius 1 is 0.897 bits per heavy atom. The van der Waals surface area contributed by atoms with E-state index in [0.29, 0.717) is 5.69 Å². The Morgan fingerprint density at radius 3 is 2.17 bits per heavy atom. The minimum atomic E-state index is -0.338. The summed E-state index contributed by atoms with van der Waals surface area (Å²) in [6, 6.07) is 17.7. The lowest BCUT2D eigenvalue weighted by Gasteiger charge is -2.37. The maximum atomic E-state index is 13.0.